The highest BCUT2D eigenvalue weighted by atomic mass is 19.1. The minimum atomic E-state index is -0.571. The zero-order chi connectivity index (χ0) is 13.7. The summed E-state index contributed by atoms with van der Waals surface area (Å²) in [5.41, 5.74) is 3.00. The molecule has 2 aromatic rings. The third kappa shape index (κ3) is 4.07. The zero-order valence-corrected chi connectivity index (χ0v) is 10.9. The van der Waals surface area contributed by atoms with E-state index in [0.29, 0.717) is 13.0 Å². The van der Waals surface area contributed by atoms with Crippen LogP contribution in [0.5, 0.6) is 0 Å². The van der Waals surface area contributed by atoms with Gasteiger partial charge in [0.05, 0.1) is 6.10 Å². The average Bonchev–Trinajstić information content (AvgIpc) is 2.41. The fourth-order valence-corrected chi connectivity index (χ4v) is 1.88. The van der Waals surface area contributed by atoms with E-state index in [2.05, 4.69) is 5.32 Å². The van der Waals surface area contributed by atoms with E-state index in [4.69, 9.17) is 0 Å². The lowest BCUT2D eigenvalue weighted by atomic mass is 10.1. The molecule has 1 atom stereocenters. The van der Waals surface area contributed by atoms with Crippen molar-refractivity contribution in [2.45, 2.75) is 19.4 Å². The van der Waals surface area contributed by atoms with Crippen LogP contribution in [0.2, 0.25) is 0 Å². The van der Waals surface area contributed by atoms with Gasteiger partial charge in [-0.15, -0.1) is 0 Å². The Morgan fingerprint density at radius 2 is 1.68 bits per heavy atom. The van der Waals surface area contributed by atoms with Gasteiger partial charge < -0.3 is 10.4 Å². The molecule has 2 rings (SSSR count). The van der Waals surface area contributed by atoms with Gasteiger partial charge in [0, 0.05) is 12.2 Å². The summed E-state index contributed by atoms with van der Waals surface area (Å²) < 4.78 is 12.8. The second-order valence-electron chi connectivity index (χ2n) is 4.65. The molecule has 100 valence electrons. The van der Waals surface area contributed by atoms with Crippen molar-refractivity contribution in [1.29, 1.82) is 0 Å². The number of aryl methyl sites for hydroxylation is 1. The summed E-state index contributed by atoms with van der Waals surface area (Å²) in [5.74, 6) is -0.284. The quantitative estimate of drug-likeness (QED) is 0.858. The minimum absolute atomic E-state index is 0.284. The van der Waals surface area contributed by atoms with E-state index < -0.39 is 6.10 Å². The number of hydrogen-bond acceptors (Lipinski definition) is 2. The van der Waals surface area contributed by atoms with Crippen LogP contribution in [0.3, 0.4) is 0 Å². The van der Waals surface area contributed by atoms with E-state index in [1.807, 2.05) is 31.2 Å². The maximum Gasteiger partial charge on any atom is 0.123 e. The van der Waals surface area contributed by atoms with Gasteiger partial charge in [-0.2, -0.15) is 0 Å². The Kier molecular flexibility index (Phi) is 4.53. The summed E-state index contributed by atoms with van der Waals surface area (Å²) >= 11 is 0. The summed E-state index contributed by atoms with van der Waals surface area (Å²) in [6.07, 6.45) is 0.0121. The van der Waals surface area contributed by atoms with Crippen LogP contribution in [0.25, 0.3) is 0 Å². The van der Waals surface area contributed by atoms with Crippen molar-refractivity contribution in [2.24, 2.45) is 0 Å². The van der Waals surface area contributed by atoms with Crippen LogP contribution in [0.4, 0.5) is 10.1 Å². The van der Waals surface area contributed by atoms with Crippen LogP contribution in [-0.2, 0) is 0 Å². The van der Waals surface area contributed by atoms with Crippen LogP contribution in [0, 0.1) is 12.7 Å². The molecular formula is C16H18FNO. The number of hydrogen-bond donors (Lipinski definition) is 2. The van der Waals surface area contributed by atoms with Crippen molar-refractivity contribution in [3.05, 3.63) is 65.5 Å². The third-order valence-corrected chi connectivity index (χ3v) is 3.05. The first-order chi connectivity index (χ1) is 9.15. The molecule has 3 heteroatoms. The van der Waals surface area contributed by atoms with Gasteiger partial charge in [0.15, 0.2) is 0 Å². The molecule has 2 N–H and O–H groups in total. The lowest BCUT2D eigenvalue weighted by Gasteiger charge is -2.12. The standard InChI is InChI=1S/C16H18FNO/c1-12-2-8-15(9-3-12)18-11-10-16(19)13-4-6-14(17)7-5-13/h2-9,16,18-19H,10-11H2,1H3. The van der Waals surface area contributed by atoms with Crippen LogP contribution < -0.4 is 5.32 Å². The molecule has 0 saturated carbocycles. The van der Waals surface area contributed by atoms with E-state index in [-0.39, 0.29) is 5.82 Å². The van der Waals surface area contributed by atoms with Crippen LogP contribution >= 0.6 is 0 Å². The molecule has 0 aliphatic rings. The molecule has 0 aliphatic heterocycles. The predicted octanol–water partition coefficient (Wildman–Crippen LogP) is 3.67. The predicted molar refractivity (Wildman–Crippen MR) is 75.6 cm³/mol. The van der Waals surface area contributed by atoms with Gasteiger partial charge in [-0.1, -0.05) is 29.8 Å². The molecule has 0 aromatic heterocycles. The van der Waals surface area contributed by atoms with Crippen molar-refractivity contribution < 1.29 is 9.50 Å². The van der Waals surface area contributed by atoms with Crippen LogP contribution in [0.15, 0.2) is 48.5 Å². The molecule has 0 aliphatic carbocycles. The SMILES string of the molecule is Cc1ccc(NCCC(O)c2ccc(F)cc2)cc1. The highest BCUT2D eigenvalue weighted by molar-refractivity contribution is 5.44. The topological polar surface area (TPSA) is 32.3 Å². The average molecular weight is 259 g/mol. The number of nitrogens with one attached hydrogen (secondary N) is 1. The first-order valence-electron chi connectivity index (χ1n) is 6.39. The summed E-state index contributed by atoms with van der Waals surface area (Å²) in [6, 6.07) is 14.1. The third-order valence-electron chi connectivity index (χ3n) is 3.05. The first-order valence-corrected chi connectivity index (χ1v) is 6.39. The Morgan fingerprint density at radius 1 is 1.05 bits per heavy atom. The Balaban J connectivity index is 1.82. The smallest absolute Gasteiger partial charge is 0.123 e. The Morgan fingerprint density at radius 3 is 2.32 bits per heavy atom. The molecule has 2 nitrogen and oxygen atoms in total. The lowest BCUT2D eigenvalue weighted by Crippen LogP contribution is -2.07. The first kappa shape index (κ1) is 13.6. The Hall–Kier alpha value is -1.87. The van der Waals surface area contributed by atoms with Crippen molar-refractivity contribution >= 4 is 5.69 Å². The van der Waals surface area contributed by atoms with Gasteiger partial charge in [-0.05, 0) is 43.2 Å². The number of aliphatic hydroxyl groups is 1. The molecule has 1 unspecified atom stereocenters. The van der Waals surface area contributed by atoms with Crippen LogP contribution in [0.1, 0.15) is 23.7 Å². The maximum atomic E-state index is 12.8. The number of benzene rings is 2. The molecule has 19 heavy (non-hydrogen) atoms. The summed E-state index contributed by atoms with van der Waals surface area (Å²) in [5, 5.41) is 13.2. The van der Waals surface area contributed by atoms with Crippen molar-refractivity contribution in [2.75, 3.05) is 11.9 Å². The van der Waals surface area contributed by atoms with E-state index >= 15 is 0 Å². The molecule has 2 aromatic carbocycles. The van der Waals surface area contributed by atoms with Gasteiger partial charge in [0.25, 0.3) is 0 Å². The molecule has 0 fully saturated rings. The molecule has 0 saturated heterocycles. The maximum absolute atomic E-state index is 12.8. The number of anilines is 1. The van der Waals surface area contributed by atoms with Gasteiger partial charge >= 0.3 is 0 Å². The molecule has 0 radical (unpaired) electrons. The zero-order valence-electron chi connectivity index (χ0n) is 10.9. The highest BCUT2D eigenvalue weighted by Crippen LogP contribution is 2.17. The van der Waals surface area contributed by atoms with Gasteiger partial charge in [0.2, 0.25) is 0 Å². The van der Waals surface area contributed by atoms with E-state index in [1.54, 1.807) is 12.1 Å². The number of halogens is 1. The largest absolute Gasteiger partial charge is 0.388 e. The highest BCUT2D eigenvalue weighted by Gasteiger charge is 2.06. The van der Waals surface area contributed by atoms with Gasteiger partial charge in [-0.25, -0.2) is 4.39 Å². The normalized spacial score (nSPS) is 12.2. The Labute approximate surface area is 112 Å². The van der Waals surface area contributed by atoms with Crippen molar-refractivity contribution in [1.82, 2.24) is 0 Å². The second kappa shape index (κ2) is 6.34. The summed E-state index contributed by atoms with van der Waals surface area (Å²) in [4.78, 5) is 0. The van der Waals surface area contributed by atoms with Gasteiger partial charge in [0.1, 0.15) is 5.82 Å². The van der Waals surface area contributed by atoms with E-state index in [1.165, 1.54) is 17.7 Å². The molecule has 0 amide bonds. The van der Waals surface area contributed by atoms with Crippen LogP contribution in [-0.4, -0.2) is 11.7 Å². The monoisotopic (exact) mass is 259 g/mol. The molecule has 0 bridgehead atoms. The molecular weight excluding hydrogens is 241 g/mol. The fraction of sp³-hybridized carbons (Fsp3) is 0.250. The fourth-order valence-electron chi connectivity index (χ4n) is 1.88. The van der Waals surface area contributed by atoms with Gasteiger partial charge in [-0.3, -0.25) is 0 Å². The second-order valence-corrected chi connectivity index (χ2v) is 4.65. The lowest BCUT2D eigenvalue weighted by molar-refractivity contribution is 0.171. The van der Waals surface area contributed by atoms with E-state index in [0.717, 1.165) is 11.3 Å². The summed E-state index contributed by atoms with van der Waals surface area (Å²) in [7, 11) is 0. The molecule has 0 spiro atoms. The number of rotatable bonds is 5. The van der Waals surface area contributed by atoms with E-state index in [9.17, 15) is 9.50 Å². The minimum Gasteiger partial charge on any atom is -0.388 e. The number of aliphatic hydroxyl groups excluding tert-OH is 1. The van der Waals surface area contributed by atoms with Crippen molar-refractivity contribution in [3.63, 3.8) is 0 Å². The Bertz CT molecular complexity index is 507. The summed E-state index contributed by atoms with van der Waals surface area (Å²) in [6.45, 7) is 2.71. The molecule has 0 heterocycles. The van der Waals surface area contributed by atoms with Crippen molar-refractivity contribution in [3.8, 4) is 0 Å².